The predicted octanol–water partition coefficient (Wildman–Crippen LogP) is 1.98. The lowest BCUT2D eigenvalue weighted by molar-refractivity contribution is -0.143. The summed E-state index contributed by atoms with van der Waals surface area (Å²) in [7, 11) is 1.71. The highest BCUT2D eigenvalue weighted by atomic mass is 16.5. The molecule has 4 nitrogen and oxygen atoms in total. The zero-order valence-corrected chi connectivity index (χ0v) is 11.2. The first-order valence-electron chi connectivity index (χ1n) is 6.13. The van der Waals surface area contributed by atoms with Crippen LogP contribution in [0.2, 0.25) is 0 Å². The second-order valence-electron chi connectivity index (χ2n) is 4.54. The van der Waals surface area contributed by atoms with Crippen LogP contribution < -0.4 is 10.1 Å². The Morgan fingerprint density at radius 2 is 1.94 bits per heavy atom. The van der Waals surface area contributed by atoms with Crippen LogP contribution in [0.1, 0.15) is 19.4 Å². The summed E-state index contributed by atoms with van der Waals surface area (Å²) < 4.78 is 10.6. The summed E-state index contributed by atoms with van der Waals surface area (Å²) in [4.78, 5) is 11.2. The van der Waals surface area contributed by atoms with E-state index in [0.717, 1.165) is 11.3 Å². The topological polar surface area (TPSA) is 47.6 Å². The van der Waals surface area contributed by atoms with Gasteiger partial charge in [-0.25, -0.2) is 0 Å². The summed E-state index contributed by atoms with van der Waals surface area (Å²) in [5, 5.41) is 2.75. The summed E-state index contributed by atoms with van der Waals surface area (Å²) in [5.41, 5.74) is 0.955. The number of likely N-dealkylation sites (N-methyl/N-ethyl adjacent to an activating group) is 1. The molecule has 0 aliphatic rings. The fourth-order valence-electron chi connectivity index (χ4n) is 1.30. The van der Waals surface area contributed by atoms with Crippen LogP contribution in [0, 0.1) is 5.92 Å². The third-order valence-electron chi connectivity index (χ3n) is 2.23. The van der Waals surface area contributed by atoms with Gasteiger partial charge in [-0.15, -0.1) is 0 Å². The second-order valence-corrected chi connectivity index (χ2v) is 4.54. The molecule has 0 atom stereocenters. The van der Waals surface area contributed by atoms with Gasteiger partial charge in [0.05, 0.1) is 13.2 Å². The third-order valence-corrected chi connectivity index (χ3v) is 2.23. The van der Waals surface area contributed by atoms with Crippen molar-refractivity contribution in [3.63, 3.8) is 0 Å². The molecule has 18 heavy (non-hydrogen) atoms. The first kappa shape index (κ1) is 14.5. The van der Waals surface area contributed by atoms with E-state index in [1.54, 1.807) is 7.05 Å². The monoisotopic (exact) mass is 251 g/mol. The zero-order chi connectivity index (χ0) is 13.4. The van der Waals surface area contributed by atoms with Gasteiger partial charge in [0.1, 0.15) is 12.4 Å². The molecule has 0 amide bonds. The Balaban J connectivity index is 2.38. The lowest BCUT2D eigenvalue weighted by Crippen LogP contribution is -2.20. The second kappa shape index (κ2) is 7.71. The highest BCUT2D eigenvalue weighted by Crippen LogP contribution is 2.13. The van der Waals surface area contributed by atoms with E-state index in [4.69, 9.17) is 9.47 Å². The molecule has 4 heteroatoms. The van der Waals surface area contributed by atoms with Gasteiger partial charge < -0.3 is 14.8 Å². The molecule has 0 radical (unpaired) electrons. The van der Waals surface area contributed by atoms with Gasteiger partial charge in [-0.05, 0) is 30.7 Å². The van der Waals surface area contributed by atoms with Crippen LogP contribution in [0.5, 0.6) is 5.75 Å². The molecule has 1 aromatic rings. The number of hydrogen-bond donors (Lipinski definition) is 1. The van der Waals surface area contributed by atoms with E-state index >= 15 is 0 Å². The molecule has 0 aliphatic heterocycles. The number of hydrogen-bond acceptors (Lipinski definition) is 4. The van der Waals surface area contributed by atoms with E-state index in [9.17, 15) is 4.79 Å². The van der Waals surface area contributed by atoms with Gasteiger partial charge in [0.15, 0.2) is 0 Å². The highest BCUT2D eigenvalue weighted by Gasteiger charge is 2.02. The Labute approximate surface area is 108 Å². The number of rotatable bonds is 7. The Morgan fingerprint density at radius 3 is 2.50 bits per heavy atom. The van der Waals surface area contributed by atoms with E-state index in [1.807, 2.05) is 24.3 Å². The van der Waals surface area contributed by atoms with Crippen LogP contribution >= 0.6 is 0 Å². The Morgan fingerprint density at radius 1 is 1.28 bits per heavy atom. The Bertz CT molecular complexity index is 360. The predicted molar refractivity (Wildman–Crippen MR) is 70.5 cm³/mol. The molecule has 0 saturated carbocycles. The number of benzene rings is 1. The maximum atomic E-state index is 11.2. The summed E-state index contributed by atoms with van der Waals surface area (Å²) in [6.07, 6.45) is 0. The lowest BCUT2D eigenvalue weighted by Gasteiger charge is -2.09. The van der Waals surface area contributed by atoms with Crippen molar-refractivity contribution in [3.8, 4) is 5.75 Å². The summed E-state index contributed by atoms with van der Waals surface area (Å²) in [6.45, 7) is 5.45. The number of ether oxygens (including phenoxy) is 2. The molecule has 0 bridgehead atoms. The van der Waals surface area contributed by atoms with Gasteiger partial charge in [0.2, 0.25) is 0 Å². The van der Waals surface area contributed by atoms with Crippen LogP contribution in [0.3, 0.4) is 0 Å². The van der Waals surface area contributed by atoms with Gasteiger partial charge >= 0.3 is 5.97 Å². The van der Waals surface area contributed by atoms with Crippen LogP contribution in [0.15, 0.2) is 24.3 Å². The number of carbonyl (C=O) groups excluding carboxylic acids is 1. The molecule has 0 fully saturated rings. The minimum absolute atomic E-state index is 0.232. The van der Waals surface area contributed by atoms with Gasteiger partial charge in [-0.1, -0.05) is 26.0 Å². The van der Waals surface area contributed by atoms with E-state index in [-0.39, 0.29) is 12.5 Å². The fourth-order valence-corrected chi connectivity index (χ4v) is 1.30. The number of nitrogens with one attached hydrogen (secondary N) is 1. The highest BCUT2D eigenvalue weighted by molar-refractivity contribution is 5.71. The molecule has 0 heterocycles. The van der Waals surface area contributed by atoms with Gasteiger partial charge in [0, 0.05) is 0 Å². The molecule has 1 N–H and O–H groups in total. The largest absolute Gasteiger partial charge is 0.493 e. The molecule has 1 rings (SSSR count). The molecule has 0 saturated heterocycles. The maximum absolute atomic E-state index is 11.2. The average Bonchev–Trinajstić information content (AvgIpc) is 2.35. The Hall–Kier alpha value is -1.55. The number of esters is 1. The fraction of sp³-hybridized carbons (Fsp3) is 0.500. The van der Waals surface area contributed by atoms with E-state index in [0.29, 0.717) is 19.1 Å². The molecule has 1 aromatic carbocycles. The summed E-state index contributed by atoms with van der Waals surface area (Å²) in [6, 6.07) is 7.60. The van der Waals surface area contributed by atoms with Crippen molar-refractivity contribution >= 4 is 5.97 Å². The first-order chi connectivity index (χ1) is 8.61. The molecule has 100 valence electrons. The van der Waals surface area contributed by atoms with Gasteiger partial charge in [0.25, 0.3) is 0 Å². The van der Waals surface area contributed by atoms with Crippen LogP contribution in [-0.2, 0) is 16.1 Å². The minimum Gasteiger partial charge on any atom is -0.493 e. The lowest BCUT2D eigenvalue weighted by atomic mass is 10.2. The smallest absolute Gasteiger partial charge is 0.320 e. The van der Waals surface area contributed by atoms with Crippen molar-refractivity contribution < 1.29 is 14.3 Å². The SMILES string of the molecule is CNCC(=O)OCc1ccc(OCC(C)C)cc1. The van der Waals surface area contributed by atoms with Crippen molar-refractivity contribution in [1.82, 2.24) is 5.32 Å². The summed E-state index contributed by atoms with van der Waals surface area (Å²) >= 11 is 0. The molecule has 0 aliphatic carbocycles. The quantitative estimate of drug-likeness (QED) is 0.753. The van der Waals surface area contributed by atoms with Gasteiger partial charge in [-0.2, -0.15) is 0 Å². The van der Waals surface area contributed by atoms with E-state index < -0.39 is 0 Å². The van der Waals surface area contributed by atoms with Crippen LogP contribution in [0.4, 0.5) is 0 Å². The van der Waals surface area contributed by atoms with Crippen molar-refractivity contribution in [1.29, 1.82) is 0 Å². The van der Waals surface area contributed by atoms with Crippen molar-refractivity contribution in [2.45, 2.75) is 20.5 Å². The number of carbonyl (C=O) groups is 1. The third kappa shape index (κ3) is 5.68. The van der Waals surface area contributed by atoms with Crippen molar-refractivity contribution in [3.05, 3.63) is 29.8 Å². The normalized spacial score (nSPS) is 10.4. The summed E-state index contributed by atoms with van der Waals surface area (Å²) in [5.74, 6) is 1.10. The average molecular weight is 251 g/mol. The maximum Gasteiger partial charge on any atom is 0.320 e. The molecule has 0 spiro atoms. The van der Waals surface area contributed by atoms with Crippen LogP contribution in [0.25, 0.3) is 0 Å². The standard InChI is InChI=1S/C14H21NO3/c1-11(2)9-17-13-6-4-12(5-7-13)10-18-14(16)8-15-3/h4-7,11,15H,8-10H2,1-3H3. The van der Waals surface area contributed by atoms with E-state index in [2.05, 4.69) is 19.2 Å². The molecule has 0 aromatic heterocycles. The zero-order valence-electron chi connectivity index (χ0n) is 11.2. The van der Waals surface area contributed by atoms with Crippen molar-refractivity contribution in [2.24, 2.45) is 5.92 Å². The van der Waals surface area contributed by atoms with Crippen molar-refractivity contribution in [2.75, 3.05) is 20.2 Å². The van der Waals surface area contributed by atoms with Crippen LogP contribution in [-0.4, -0.2) is 26.2 Å². The molecular formula is C14H21NO3. The molecular weight excluding hydrogens is 230 g/mol. The first-order valence-corrected chi connectivity index (χ1v) is 6.13. The Kier molecular flexibility index (Phi) is 6.22. The molecule has 0 unspecified atom stereocenters. The van der Waals surface area contributed by atoms with E-state index in [1.165, 1.54) is 0 Å². The van der Waals surface area contributed by atoms with Gasteiger partial charge in [-0.3, -0.25) is 4.79 Å². The minimum atomic E-state index is -0.252.